The van der Waals surface area contributed by atoms with Crippen molar-refractivity contribution in [2.24, 2.45) is 0 Å². The lowest BCUT2D eigenvalue weighted by atomic mass is 10.1. The van der Waals surface area contributed by atoms with Crippen molar-refractivity contribution < 1.29 is 17.9 Å². The maximum absolute atomic E-state index is 12.8. The van der Waals surface area contributed by atoms with Gasteiger partial charge in [-0.1, -0.05) is 12.1 Å². The quantitative estimate of drug-likeness (QED) is 0.550. The minimum Gasteiger partial charge on any atom is -0.379 e. The average Bonchev–Trinajstić information content (AvgIpc) is 3.45. The van der Waals surface area contributed by atoms with E-state index < -0.39 is 11.7 Å². The second-order valence-electron chi connectivity index (χ2n) is 8.79. The van der Waals surface area contributed by atoms with E-state index in [4.69, 9.17) is 4.74 Å². The third-order valence-electron chi connectivity index (χ3n) is 6.42. The van der Waals surface area contributed by atoms with E-state index in [0.717, 1.165) is 30.8 Å². The Hall–Kier alpha value is -3.38. The maximum atomic E-state index is 12.8. The van der Waals surface area contributed by atoms with Gasteiger partial charge in [0.15, 0.2) is 5.82 Å². The van der Waals surface area contributed by atoms with E-state index in [0.29, 0.717) is 43.4 Å². The number of aromatic nitrogens is 4. The van der Waals surface area contributed by atoms with Crippen LogP contribution in [0.2, 0.25) is 0 Å². The number of hydrogen-bond acceptors (Lipinski definition) is 7. The molecule has 2 aromatic heterocycles. The first kappa shape index (κ1) is 23.4. The van der Waals surface area contributed by atoms with Crippen molar-refractivity contribution in [1.82, 2.24) is 24.6 Å². The largest absolute Gasteiger partial charge is 0.416 e. The number of benzene rings is 1. The number of aromatic amines is 1. The predicted molar refractivity (Wildman–Crippen MR) is 123 cm³/mol. The van der Waals surface area contributed by atoms with Crippen LogP contribution in [0.5, 0.6) is 0 Å². The van der Waals surface area contributed by atoms with Gasteiger partial charge in [0.2, 0.25) is 0 Å². The summed E-state index contributed by atoms with van der Waals surface area (Å²) in [6.07, 6.45) is 0.210. The molecular formula is C23H26F3N7O2. The number of nitrogens with one attached hydrogen (secondary N) is 2. The van der Waals surface area contributed by atoms with Gasteiger partial charge in [0.25, 0.3) is 5.56 Å². The fraction of sp³-hybridized carbons (Fsp3) is 0.435. The molecule has 9 nitrogen and oxygen atoms in total. The summed E-state index contributed by atoms with van der Waals surface area (Å²) in [5.74, 6) is 0.578. The van der Waals surface area contributed by atoms with Crippen molar-refractivity contribution >= 4 is 11.5 Å². The molecule has 5 rings (SSSR count). The Morgan fingerprint density at radius 1 is 1.20 bits per heavy atom. The Balaban J connectivity index is 1.36. The number of morpholine rings is 1. The second kappa shape index (κ2) is 9.34. The van der Waals surface area contributed by atoms with E-state index in [1.807, 2.05) is 6.20 Å². The van der Waals surface area contributed by atoms with E-state index in [1.165, 1.54) is 18.5 Å². The summed E-state index contributed by atoms with van der Waals surface area (Å²) in [6.45, 7) is 6.16. The van der Waals surface area contributed by atoms with Gasteiger partial charge in [0, 0.05) is 37.4 Å². The Bertz CT molecular complexity index is 1220. The van der Waals surface area contributed by atoms with E-state index in [-0.39, 0.29) is 17.8 Å². The van der Waals surface area contributed by atoms with Crippen LogP contribution in [0.25, 0.3) is 0 Å². The number of halogens is 3. The zero-order valence-electron chi connectivity index (χ0n) is 19.1. The minimum atomic E-state index is -4.37. The fourth-order valence-corrected chi connectivity index (χ4v) is 4.54. The summed E-state index contributed by atoms with van der Waals surface area (Å²) in [5.41, 5.74) is 0.994. The Kier molecular flexibility index (Phi) is 6.24. The van der Waals surface area contributed by atoms with Crippen molar-refractivity contribution in [1.29, 1.82) is 0 Å². The van der Waals surface area contributed by atoms with Gasteiger partial charge >= 0.3 is 6.18 Å². The molecule has 186 valence electrons. The fourth-order valence-electron chi connectivity index (χ4n) is 4.54. The van der Waals surface area contributed by atoms with Crippen LogP contribution in [0, 0.1) is 0 Å². The van der Waals surface area contributed by atoms with E-state index in [1.54, 1.807) is 10.9 Å². The summed E-state index contributed by atoms with van der Waals surface area (Å²) in [7, 11) is 0. The van der Waals surface area contributed by atoms with Gasteiger partial charge < -0.3 is 19.9 Å². The molecule has 2 aliphatic heterocycles. The average molecular weight is 490 g/mol. The van der Waals surface area contributed by atoms with Crippen LogP contribution in [0.1, 0.15) is 29.8 Å². The number of ether oxygens (including phenoxy) is 1. The first-order chi connectivity index (χ1) is 16.8. The molecule has 0 saturated carbocycles. The molecule has 2 aliphatic rings. The number of fused-ring (bicyclic) bond motifs is 1. The molecule has 0 bridgehead atoms. The molecule has 0 spiro atoms. The highest BCUT2D eigenvalue weighted by Crippen LogP contribution is 2.37. The molecule has 12 heteroatoms. The molecule has 0 radical (unpaired) electrons. The summed E-state index contributed by atoms with van der Waals surface area (Å²) in [5, 5.41) is 7.69. The SMILES string of the molecule is CC(CN1c2nc[nH]c(=O)c2NC1c1cnn(Cc2ccc(C(F)(F)F)cc2)c1)N1CCOCC1. The summed E-state index contributed by atoms with van der Waals surface area (Å²) >= 11 is 0. The van der Waals surface area contributed by atoms with Crippen LogP contribution >= 0.6 is 0 Å². The van der Waals surface area contributed by atoms with Crippen LogP contribution in [0.3, 0.4) is 0 Å². The Labute approximate surface area is 199 Å². The zero-order valence-corrected chi connectivity index (χ0v) is 19.1. The number of hydrogen-bond donors (Lipinski definition) is 2. The van der Waals surface area contributed by atoms with Gasteiger partial charge in [-0.3, -0.25) is 14.4 Å². The maximum Gasteiger partial charge on any atom is 0.416 e. The molecule has 4 heterocycles. The normalized spacial score (nSPS) is 19.4. The van der Waals surface area contributed by atoms with E-state index in [2.05, 4.69) is 37.1 Å². The third-order valence-corrected chi connectivity index (χ3v) is 6.42. The van der Waals surface area contributed by atoms with Gasteiger partial charge in [0.05, 0.1) is 37.8 Å². The summed E-state index contributed by atoms with van der Waals surface area (Å²) in [6, 6.07) is 5.24. The Morgan fingerprint density at radius 3 is 2.66 bits per heavy atom. The highest BCUT2D eigenvalue weighted by atomic mass is 19.4. The molecule has 3 aromatic rings. The zero-order chi connectivity index (χ0) is 24.6. The first-order valence-electron chi connectivity index (χ1n) is 11.4. The van der Waals surface area contributed by atoms with Crippen molar-refractivity contribution in [3.8, 4) is 0 Å². The van der Waals surface area contributed by atoms with Crippen LogP contribution in [-0.2, 0) is 17.5 Å². The molecule has 35 heavy (non-hydrogen) atoms. The van der Waals surface area contributed by atoms with Gasteiger partial charge in [0.1, 0.15) is 11.9 Å². The number of anilines is 2. The lowest BCUT2D eigenvalue weighted by molar-refractivity contribution is -0.137. The van der Waals surface area contributed by atoms with Crippen LogP contribution in [0.4, 0.5) is 24.7 Å². The molecule has 2 unspecified atom stereocenters. The molecule has 1 saturated heterocycles. The molecular weight excluding hydrogens is 463 g/mol. The van der Waals surface area contributed by atoms with Crippen molar-refractivity contribution in [3.63, 3.8) is 0 Å². The van der Waals surface area contributed by atoms with Crippen LogP contribution in [-0.4, -0.2) is 63.5 Å². The minimum absolute atomic E-state index is 0.192. The number of nitrogens with zero attached hydrogens (tertiary/aromatic N) is 5. The van der Waals surface area contributed by atoms with Crippen LogP contribution < -0.4 is 15.8 Å². The lowest BCUT2D eigenvalue weighted by Gasteiger charge is -2.36. The summed E-state index contributed by atoms with van der Waals surface area (Å²) < 4.78 is 45.7. The topological polar surface area (TPSA) is 91.3 Å². The van der Waals surface area contributed by atoms with E-state index >= 15 is 0 Å². The Morgan fingerprint density at radius 2 is 1.94 bits per heavy atom. The molecule has 1 aromatic carbocycles. The monoisotopic (exact) mass is 489 g/mol. The lowest BCUT2D eigenvalue weighted by Crippen LogP contribution is -2.48. The molecule has 0 aliphatic carbocycles. The van der Waals surface area contributed by atoms with Gasteiger partial charge in [-0.15, -0.1) is 0 Å². The number of alkyl halides is 3. The number of rotatable bonds is 6. The predicted octanol–water partition coefficient (Wildman–Crippen LogP) is 2.68. The standard InChI is InChI=1S/C23H26F3N7O2/c1-15(31-6-8-35-9-7-31)11-33-20(30-19-21(33)27-14-28-22(19)34)17-10-29-32(13-17)12-16-2-4-18(5-3-16)23(24,25)26/h2-5,10,13-15,20,30H,6-9,11-12H2,1H3,(H,27,28,34). The van der Waals surface area contributed by atoms with Gasteiger partial charge in [-0.2, -0.15) is 18.3 Å². The van der Waals surface area contributed by atoms with Crippen molar-refractivity contribution in [3.05, 3.63) is 70.0 Å². The smallest absolute Gasteiger partial charge is 0.379 e. The van der Waals surface area contributed by atoms with E-state index in [9.17, 15) is 18.0 Å². The molecule has 0 amide bonds. The highest BCUT2D eigenvalue weighted by Gasteiger charge is 2.36. The highest BCUT2D eigenvalue weighted by molar-refractivity contribution is 5.71. The van der Waals surface area contributed by atoms with Gasteiger partial charge in [-0.25, -0.2) is 4.98 Å². The molecule has 1 fully saturated rings. The second-order valence-corrected chi connectivity index (χ2v) is 8.79. The third kappa shape index (κ3) is 4.89. The number of H-pyrrole nitrogens is 1. The summed E-state index contributed by atoms with van der Waals surface area (Å²) in [4.78, 5) is 23.9. The van der Waals surface area contributed by atoms with Crippen molar-refractivity contribution in [2.75, 3.05) is 43.1 Å². The van der Waals surface area contributed by atoms with Gasteiger partial charge in [-0.05, 0) is 24.6 Å². The van der Waals surface area contributed by atoms with Crippen LogP contribution in [0.15, 0.2) is 47.8 Å². The molecule has 2 N–H and O–H groups in total. The molecule has 2 atom stereocenters. The van der Waals surface area contributed by atoms with Crippen molar-refractivity contribution in [2.45, 2.75) is 31.9 Å². The first-order valence-corrected chi connectivity index (χ1v) is 11.4.